The van der Waals surface area contributed by atoms with Crippen LogP contribution in [0.25, 0.3) is 11.2 Å². The summed E-state index contributed by atoms with van der Waals surface area (Å²) in [6, 6.07) is 0. The highest BCUT2D eigenvalue weighted by atomic mass is 16.6. The number of nitrogens with two attached hydrogens (primary N) is 1. The Morgan fingerprint density at radius 2 is 2.03 bits per heavy atom. The first-order chi connectivity index (χ1) is 13.6. The van der Waals surface area contributed by atoms with Gasteiger partial charge in [-0.25, -0.2) is 4.98 Å². The molecule has 4 atom stereocenters. The van der Waals surface area contributed by atoms with Gasteiger partial charge in [0.05, 0.1) is 6.33 Å². The van der Waals surface area contributed by atoms with Crippen molar-refractivity contribution in [1.29, 1.82) is 0 Å². The molecule has 1 saturated heterocycles. The van der Waals surface area contributed by atoms with Crippen LogP contribution in [-0.4, -0.2) is 66.8 Å². The van der Waals surface area contributed by atoms with Crippen LogP contribution in [0.2, 0.25) is 0 Å². The molecule has 0 spiro atoms. The number of nitrogens with one attached hydrogen (secondary N) is 1. The highest BCUT2D eigenvalue weighted by molar-refractivity contribution is 5.87. The highest BCUT2D eigenvalue weighted by Crippen LogP contribution is 2.42. The van der Waals surface area contributed by atoms with Crippen LogP contribution < -0.4 is 11.3 Å². The van der Waals surface area contributed by atoms with Gasteiger partial charge in [0.2, 0.25) is 11.5 Å². The van der Waals surface area contributed by atoms with Crippen molar-refractivity contribution in [3.8, 4) is 0 Å². The summed E-state index contributed by atoms with van der Waals surface area (Å²) in [5.41, 5.74) is 2.38. The second-order valence-electron chi connectivity index (χ2n) is 6.52. The molecule has 2 aromatic rings. The standard InChI is InChI=1S/C16H19N5O8/c1-6(22)16(26)11(28-8(3)24)9(4-27-7(2)23)29-14(16)21-5-18-10-12(21)19-15(17)20-13(10)25/h5,9,11,14,26H,4H2,1-3H3,(H3,17,19,20,25)/t9-,11-,14-,16-/m1/s1. The number of imidazole rings is 1. The lowest BCUT2D eigenvalue weighted by atomic mass is 9.89. The number of ketones is 1. The number of carbonyl (C=O) groups is 3. The number of H-pyrrole nitrogens is 1. The Morgan fingerprint density at radius 1 is 1.34 bits per heavy atom. The van der Waals surface area contributed by atoms with E-state index in [2.05, 4.69) is 15.0 Å². The molecule has 0 aliphatic carbocycles. The van der Waals surface area contributed by atoms with E-state index >= 15 is 0 Å². The molecule has 13 nitrogen and oxygen atoms in total. The van der Waals surface area contributed by atoms with E-state index in [1.165, 1.54) is 0 Å². The lowest BCUT2D eigenvalue weighted by Gasteiger charge is -2.31. The van der Waals surface area contributed by atoms with Gasteiger partial charge in [-0.15, -0.1) is 0 Å². The van der Waals surface area contributed by atoms with Crippen LogP contribution in [0.15, 0.2) is 11.1 Å². The third-order valence-corrected chi connectivity index (χ3v) is 4.46. The van der Waals surface area contributed by atoms with Gasteiger partial charge in [0.25, 0.3) is 5.56 Å². The van der Waals surface area contributed by atoms with E-state index in [1.54, 1.807) is 0 Å². The van der Waals surface area contributed by atoms with Gasteiger partial charge in [0.15, 0.2) is 29.3 Å². The Hall–Kier alpha value is -3.32. The molecule has 0 radical (unpaired) electrons. The van der Waals surface area contributed by atoms with Crippen LogP contribution in [0.1, 0.15) is 27.0 Å². The summed E-state index contributed by atoms with van der Waals surface area (Å²) in [7, 11) is 0. The van der Waals surface area contributed by atoms with E-state index in [-0.39, 0.29) is 17.1 Å². The fraction of sp³-hybridized carbons (Fsp3) is 0.500. The molecular formula is C16H19N5O8. The number of Topliss-reactive ketones (excluding diaryl/α,β-unsaturated/α-hetero) is 1. The number of fused-ring (bicyclic) bond motifs is 1. The van der Waals surface area contributed by atoms with Crippen LogP contribution in [0.5, 0.6) is 0 Å². The Bertz CT molecular complexity index is 1050. The number of rotatable bonds is 5. The summed E-state index contributed by atoms with van der Waals surface area (Å²) >= 11 is 0. The minimum atomic E-state index is -2.39. The van der Waals surface area contributed by atoms with E-state index < -0.39 is 53.9 Å². The molecule has 0 amide bonds. The molecule has 0 bridgehead atoms. The molecule has 0 aromatic carbocycles. The molecule has 4 N–H and O–H groups in total. The van der Waals surface area contributed by atoms with Crippen molar-refractivity contribution < 1.29 is 33.7 Å². The fourth-order valence-corrected chi connectivity index (χ4v) is 3.20. The lowest BCUT2D eigenvalue weighted by molar-refractivity contribution is -0.170. The molecule has 13 heteroatoms. The average molecular weight is 409 g/mol. The van der Waals surface area contributed by atoms with Crippen molar-refractivity contribution >= 4 is 34.8 Å². The first kappa shape index (κ1) is 20.4. The smallest absolute Gasteiger partial charge is 0.303 e. The summed E-state index contributed by atoms with van der Waals surface area (Å²) in [5, 5.41) is 11.3. The number of hydrogen-bond donors (Lipinski definition) is 3. The summed E-state index contributed by atoms with van der Waals surface area (Å²) < 4.78 is 16.9. The molecule has 1 aliphatic rings. The predicted octanol–water partition coefficient (Wildman–Crippen LogP) is -1.59. The number of nitrogens with zero attached hydrogens (tertiary/aromatic N) is 3. The van der Waals surface area contributed by atoms with Gasteiger partial charge in [0.1, 0.15) is 12.7 Å². The van der Waals surface area contributed by atoms with Crippen molar-refractivity contribution in [3.63, 3.8) is 0 Å². The minimum absolute atomic E-state index is 0.0642. The summed E-state index contributed by atoms with van der Waals surface area (Å²) in [4.78, 5) is 57.4. The number of esters is 2. The van der Waals surface area contributed by atoms with E-state index in [9.17, 15) is 24.3 Å². The van der Waals surface area contributed by atoms with Crippen molar-refractivity contribution in [2.45, 2.75) is 44.8 Å². The quantitative estimate of drug-likeness (QED) is 0.483. The van der Waals surface area contributed by atoms with Crippen LogP contribution >= 0.6 is 0 Å². The normalized spacial score (nSPS) is 26.4. The molecule has 2 aromatic heterocycles. The third kappa shape index (κ3) is 3.45. The maximum Gasteiger partial charge on any atom is 0.303 e. The van der Waals surface area contributed by atoms with E-state index in [0.29, 0.717) is 0 Å². The fourth-order valence-electron chi connectivity index (χ4n) is 3.20. The van der Waals surface area contributed by atoms with Crippen molar-refractivity contribution in [1.82, 2.24) is 19.5 Å². The number of hydrogen-bond acceptors (Lipinski definition) is 11. The van der Waals surface area contributed by atoms with Gasteiger partial charge in [-0.3, -0.25) is 28.7 Å². The number of carbonyl (C=O) groups excluding carboxylic acids is 3. The molecule has 1 aliphatic heterocycles. The number of aromatic nitrogens is 4. The SMILES string of the molecule is CC(=O)OC[C@H]1O[C@@H](n2cnc3c(=O)[nH]c(N)nc32)[C@@](O)(C(C)=O)[C@@H]1OC(C)=O. The van der Waals surface area contributed by atoms with Gasteiger partial charge in [-0.2, -0.15) is 4.98 Å². The van der Waals surface area contributed by atoms with Crippen LogP contribution in [0.4, 0.5) is 5.95 Å². The second kappa shape index (κ2) is 7.25. The summed E-state index contributed by atoms with van der Waals surface area (Å²) in [5.74, 6) is -2.44. The van der Waals surface area contributed by atoms with Gasteiger partial charge in [0, 0.05) is 13.8 Å². The van der Waals surface area contributed by atoms with Gasteiger partial charge in [-0.05, 0) is 6.92 Å². The molecule has 29 heavy (non-hydrogen) atoms. The first-order valence-corrected chi connectivity index (χ1v) is 8.47. The van der Waals surface area contributed by atoms with E-state index in [0.717, 1.165) is 31.7 Å². The Morgan fingerprint density at radius 3 is 2.62 bits per heavy atom. The maximum atomic E-state index is 12.4. The molecule has 1 fully saturated rings. The number of anilines is 1. The monoisotopic (exact) mass is 409 g/mol. The molecule has 3 heterocycles. The topological polar surface area (TPSA) is 189 Å². The summed E-state index contributed by atoms with van der Waals surface area (Å²) in [6.07, 6.45) is -3.05. The number of aliphatic hydroxyl groups is 1. The van der Waals surface area contributed by atoms with Crippen LogP contribution in [0.3, 0.4) is 0 Å². The summed E-state index contributed by atoms with van der Waals surface area (Å²) in [6.45, 7) is 2.93. The Labute approximate surface area is 162 Å². The molecule has 156 valence electrons. The first-order valence-electron chi connectivity index (χ1n) is 8.47. The minimum Gasteiger partial charge on any atom is -0.463 e. The van der Waals surface area contributed by atoms with E-state index in [4.69, 9.17) is 19.9 Å². The highest BCUT2D eigenvalue weighted by Gasteiger charge is 2.62. The van der Waals surface area contributed by atoms with Crippen molar-refractivity contribution in [2.24, 2.45) is 0 Å². The predicted molar refractivity (Wildman–Crippen MR) is 94.3 cm³/mol. The zero-order valence-electron chi connectivity index (χ0n) is 15.7. The molecule has 0 saturated carbocycles. The number of nitrogen functional groups attached to an aromatic ring is 1. The molecular weight excluding hydrogens is 390 g/mol. The maximum absolute atomic E-state index is 12.4. The van der Waals surface area contributed by atoms with Gasteiger partial charge >= 0.3 is 11.9 Å². The zero-order valence-corrected chi connectivity index (χ0v) is 15.7. The Balaban J connectivity index is 2.14. The average Bonchev–Trinajstić information content (AvgIpc) is 3.13. The zero-order chi connectivity index (χ0) is 21.5. The van der Waals surface area contributed by atoms with Crippen LogP contribution in [-0.2, 0) is 28.6 Å². The van der Waals surface area contributed by atoms with Crippen molar-refractivity contribution in [2.75, 3.05) is 12.3 Å². The largest absolute Gasteiger partial charge is 0.463 e. The van der Waals surface area contributed by atoms with Gasteiger partial charge < -0.3 is 25.1 Å². The van der Waals surface area contributed by atoms with E-state index in [1.807, 2.05) is 0 Å². The van der Waals surface area contributed by atoms with Crippen molar-refractivity contribution in [3.05, 3.63) is 16.7 Å². The third-order valence-electron chi connectivity index (χ3n) is 4.46. The van der Waals surface area contributed by atoms with Gasteiger partial charge in [-0.1, -0.05) is 0 Å². The molecule has 0 unspecified atom stereocenters. The number of ether oxygens (including phenoxy) is 3. The molecule has 3 rings (SSSR count). The Kier molecular flexibility index (Phi) is 5.11. The lowest BCUT2D eigenvalue weighted by Crippen LogP contribution is -2.54. The van der Waals surface area contributed by atoms with Crippen LogP contribution in [0, 0.1) is 0 Å². The second-order valence-corrected chi connectivity index (χ2v) is 6.52. The number of aromatic amines is 1.